The smallest absolute Gasteiger partial charge is 0.0716 e. The average Bonchev–Trinajstić information content (AvgIpc) is 3.45. The Morgan fingerprint density at radius 2 is 1.29 bits per heavy atom. The standard InChI is InChI=1S/C33H22N2/c1-4-8-25-19(5-1)13-22-17-32-23(16-27(22)25)14-21-11-12-34-30-18-29-28-15-20-6-2-3-7-24(20)26(28)9-10-31(29)35(32)33(21)30/h1-12,16-17H,13-15,18H2. The molecule has 0 bridgehead atoms. The number of benzene rings is 4. The zero-order valence-corrected chi connectivity index (χ0v) is 19.3. The fraction of sp³-hybridized carbons (Fsp3) is 0.121. The number of nitrogens with zero attached hydrogens (tertiary/aromatic N) is 2. The van der Waals surface area contributed by atoms with Gasteiger partial charge in [-0.15, -0.1) is 0 Å². The van der Waals surface area contributed by atoms with Crippen LogP contribution in [0, 0.1) is 0 Å². The molecule has 1 aromatic heterocycles. The van der Waals surface area contributed by atoms with E-state index < -0.39 is 0 Å². The van der Waals surface area contributed by atoms with E-state index in [4.69, 9.17) is 4.98 Å². The van der Waals surface area contributed by atoms with E-state index in [0.29, 0.717) is 0 Å². The largest absolute Gasteiger partial charge is 0.308 e. The molecule has 35 heavy (non-hydrogen) atoms. The summed E-state index contributed by atoms with van der Waals surface area (Å²) in [6, 6.07) is 29.7. The molecule has 2 aliphatic heterocycles. The van der Waals surface area contributed by atoms with Crippen LogP contribution in [0.2, 0.25) is 0 Å². The van der Waals surface area contributed by atoms with Gasteiger partial charge >= 0.3 is 0 Å². The topological polar surface area (TPSA) is 16.1 Å². The number of pyridine rings is 1. The van der Waals surface area contributed by atoms with E-state index in [1.165, 1.54) is 84.0 Å². The summed E-state index contributed by atoms with van der Waals surface area (Å²) in [5.41, 5.74) is 20.9. The summed E-state index contributed by atoms with van der Waals surface area (Å²) in [5.74, 6) is 0. The summed E-state index contributed by atoms with van der Waals surface area (Å²) in [5, 5.41) is 0. The van der Waals surface area contributed by atoms with Gasteiger partial charge in [0.15, 0.2) is 0 Å². The monoisotopic (exact) mass is 446 g/mol. The van der Waals surface area contributed by atoms with Crippen molar-refractivity contribution in [2.75, 3.05) is 4.90 Å². The van der Waals surface area contributed by atoms with Crippen LogP contribution in [0.15, 0.2) is 85.1 Å². The molecular formula is C33H22N2. The molecule has 0 N–H and O–H groups in total. The Kier molecular flexibility index (Phi) is 3.27. The molecule has 2 nitrogen and oxygen atoms in total. The third-order valence-corrected chi connectivity index (χ3v) is 8.59. The molecular weight excluding hydrogens is 424 g/mol. The fourth-order valence-corrected chi connectivity index (χ4v) is 7.07. The molecule has 0 saturated carbocycles. The molecule has 5 aromatic rings. The molecule has 0 radical (unpaired) electrons. The Hall–Kier alpha value is -4.17. The third kappa shape index (κ3) is 2.27. The molecule has 4 aliphatic rings. The summed E-state index contributed by atoms with van der Waals surface area (Å²) < 4.78 is 0. The minimum atomic E-state index is 0.915. The van der Waals surface area contributed by atoms with Crippen molar-refractivity contribution in [1.82, 2.24) is 4.98 Å². The number of anilines is 3. The van der Waals surface area contributed by atoms with Gasteiger partial charge in [-0.05, 0) is 98.3 Å². The molecule has 164 valence electrons. The van der Waals surface area contributed by atoms with Crippen LogP contribution in [0.4, 0.5) is 17.1 Å². The maximum absolute atomic E-state index is 4.92. The second kappa shape index (κ2) is 6.28. The van der Waals surface area contributed by atoms with E-state index in [0.717, 1.165) is 25.7 Å². The highest BCUT2D eigenvalue weighted by Crippen LogP contribution is 2.54. The summed E-state index contributed by atoms with van der Waals surface area (Å²) in [7, 11) is 0. The number of rotatable bonds is 0. The minimum Gasteiger partial charge on any atom is -0.308 e. The van der Waals surface area contributed by atoms with Crippen molar-refractivity contribution in [3.63, 3.8) is 0 Å². The van der Waals surface area contributed by atoms with Gasteiger partial charge in [0.2, 0.25) is 0 Å². The van der Waals surface area contributed by atoms with Crippen molar-refractivity contribution in [3.8, 4) is 22.3 Å². The van der Waals surface area contributed by atoms with Gasteiger partial charge in [0, 0.05) is 19.0 Å². The van der Waals surface area contributed by atoms with E-state index in [2.05, 4.69) is 83.8 Å². The van der Waals surface area contributed by atoms with E-state index in [-0.39, 0.29) is 0 Å². The van der Waals surface area contributed by atoms with Gasteiger partial charge in [-0.25, -0.2) is 0 Å². The van der Waals surface area contributed by atoms with Crippen LogP contribution in [0.1, 0.15) is 44.6 Å². The molecule has 3 heterocycles. The number of aromatic nitrogens is 1. The Morgan fingerprint density at radius 3 is 2.17 bits per heavy atom. The van der Waals surface area contributed by atoms with Crippen LogP contribution in [0.3, 0.4) is 0 Å². The Bertz CT molecular complexity index is 1750. The predicted molar refractivity (Wildman–Crippen MR) is 141 cm³/mol. The lowest BCUT2D eigenvalue weighted by molar-refractivity contribution is 0.948. The van der Waals surface area contributed by atoms with Crippen LogP contribution in [0.25, 0.3) is 22.3 Å². The number of hydrogen-bond acceptors (Lipinski definition) is 2. The Balaban J connectivity index is 1.29. The lowest BCUT2D eigenvalue weighted by atomic mass is 9.85. The predicted octanol–water partition coefficient (Wildman–Crippen LogP) is 7.50. The highest BCUT2D eigenvalue weighted by Gasteiger charge is 2.36. The molecule has 0 atom stereocenters. The average molecular weight is 447 g/mol. The first kappa shape index (κ1) is 18.2. The maximum atomic E-state index is 4.92. The first-order valence-corrected chi connectivity index (χ1v) is 12.6. The molecule has 0 saturated heterocycles. The van der Waals surface area contributed by atoms with Crippen LogP contribution < -0.4 is 4.90 Å². The van der Waals surface area contributed by atoms with Gasteiger partial charge in [-0.3, -0.25) is 4.98 Å². The maximum Gasteiger partial charge on any atom is 0.0716 e. The quantitative estimate of drug-likeness (QED) is 0.240. The Labute approximate surface area is 204 Å². The number of hydrogen-bond donors (Lipinski definition) is 0. The van der Waals surface area contributed by atoms with Crippen molar-refractivity contribution in [2.24, 2.45) is 0 Å². The van der Waals surface area contributed by atoms with E-state index in [1.54, 1.807) is 0 Å². The van der Waals surface area contributed by atoms with Crippen molar-refractivity contribution >= 4 is 17.1 Å². The van der Waals surface area contributed by atoms with Crippen LogP contribution >= 0.6 is 0 Å². The summed E-state index contributed by atoms with van der Waals surface area (Å²) in [6.45, 7) is 0. The zero-order chi connectivity index (χ0) is 22.7. The number of fused-ring (bicyclic) bond motifs is 11. The Morgan fingerprint density at radius 1 is 0.514 bits per heavy atom. The second-order valence-electron chi connectivity index (χ2n) is 10.3. The van der Waals surface area contributed by atoms with Gasteiger partial charge < -0.3 is 4.90 Å². The summed E-state index contributed by atoms with van der Waals surface area (Å²) >= 11 is 0. The molecule has 2 aliphatic carbocycles. The van der Waals surface area contributed by atoms with Gasteiger partial charge in [-0.2, -0.15) is 0 Å². The van der Waals surface area contributed by atoms with Gasteiger partial charge in [0.1, 0.15) is 0 Å². The van der Waals surface area contributed by atoms with Crippen molar-refractivity contribution in [3.05, 3.63) is 130 Å². The molecule has 0 fully saturated rings. The minimum absolute atomic E-state index is 0.915. The molecule has 4 aromatic carbocycles. The normalized spacial score (nSPS) is 14.9. The first-order valence-electron chi connectivity index (χ1n) is 12.6. The third-order valence-electron chi connectivity index (χ3n) is 8.59. The molecule has 0 spiro atoms. The van der Waals surface area contributed by atoms with Crippen LogP contribution in [0.5, 0.6) is 0 Å². The van der Waals surface area contributed by atoms with Crippen molar-refractivity contribution in [1.29, 1.82) is 0 Å². The first-order chi connectivity index (χ1) is 17.3. The van der Waals surface area contributed by atoms with Gasteiger partial charge in [0.05, 0.1) is 22.8 Å². The van der Waals surface area contributed by atoms with E-state index >= 15 is 0 Å². The summed E-state index contributed by atoms with van der Waals surface area (Å²) in [4.78, 5) is 7.47. The lowest BCUT2D eigenvalue weighted by Crippen LogP contribution is -2.26. The lowest BCUT2D eigenvalue weighted by Gasteiger charge is -2.39. The highest BCUT2D eigenvalue weighted by molar-refractivity contribution is 5.93. The fourth-order valence-electron chi connectivity index (χ4n) is 7.07. The molecule has 9 rings (SSSR count). The molecule has 2 heteroatoms. The molecule has 0 unspecified atom stereocenters. The van der Waals surface area contributed by atoms with Crippen molar-refractivity contribution in [2.45, 2.75) is 25.7 Å². The van der Waals surface area contributed by atoms with Crippen LogP contribution in [-0.2, 0) is 25.7 Å². The van der Waals surface area contributed by atoms with Crippen LogP contribution in [-0.4, -0.2) is 4.98 Å². The van der Waals surface area contributed by atoms with Crippen molar-refractivity contribution < 1.29 is 0 Å². The van der Waals surface area contributed by atoms with E-state index in [1.807, 2.05) is 6.20 Å². The summed E-state index contributed by atoms with van der Waals surface area (Å²) in [6.07, 6.45) is 5.94. The SMILES string of the molecule is c1ccc2c(c1)Cc1cc3c(cc1-2)Cc1ccnc2c1N3c1ccc3c(c1C2)Cc1ccccc1-3. The van der Waals surface area contributed by atoms with E-state index in [9.17, 15) is 0 Å². The van der Waals surface area contributed by atoms with Gasteiger partial charge in [-0.1, -0.05) is 54.6 Å². The van der Waals surface area contributed by atoms with Gasteiger partial charge in [0.25, 0.3) is 0 Å². The highest BCUT2D eigenvalue weighted by atomic mass is 15.2. The second-order valence-corrected chi connectivity index (χ2v) is 10.3. The molecule has 0 amide bonds. The zero-order valence-electron chi connectivity index (χ0n) is 19.3.